The molecule has 0 aliphatic carbocycles. The van der Waals surface area contributed by atoms with Crippen molar-refractivity contribution in [2.75, 3.05) is 26.0 Å². The average Bonchev–Trinajstić information content (AvgIpc) is 3.36. The Kier molecular flexibility index (Phi) is 7.30. The van der Waals surface area contributed by atoms with Crippen molar-refractivity contribution >= 4 is 28.6 Å². The number of nitrogens with one attached hydrogen (secondary N) is 2. The summed E-state index contributed by atoms with van der Waals surface area (Å²) in [6, 6.07) is 0.334. The Bertz CT molecular complexity index is 919. The maximum absolute atomic E-state index is 12.2. The van der Waals surface area contributed by atoms with Gasteiger partial charge in [0.15, 0.2) is 0 Å². The molecule has 0 bridgehead atoms. The molecule has 1 unspecified atom stereocenters. The minimum Gasteiger partial charge on any atom is -0.356 e. The van der Waals surface area contributed by atoms with Crippen molar-refractivity contribution in [2.24, 2.45) is 0 Å². The lowest BCUT2D eigenvalue weighted by molar-refractivity contribution is 0.320. The van der Waals surface area contributed by atoms with Gasteiger partial charge in [0, 0.05) is 41.7 Å². The van der Waals surface area contributed by atoms with E-state index in [9.17, 15) is 4.79 Å². The Hall–Kier alpha value is -2.10. The van der Waals surface area contributed by atoms with Crippen LogP contribution in [0, 0.1) is 0 Å². The Labute approximate surface area is 172 Å². The molecule has 0 fully saturated rings. The largest absolute Gasteiger partial charge is 0.356 e. The molecule has 7 nitrogen and oxygen atoms in total. The van der Waals surface area contributed by atoms with Crippen LogP contribution >= 0.6 is 22.7 Å². The van der Waals surface area contributed by atoms with Gasteiger partial charge in [-0.15, -0.1) is 22.7 Å². The maximum atomic E-state index is 12.2. The van der Waals surface area contributed by atoms with Crippen LogP contribution < -0.4 is 10.9 Å². The number of nitrogens with zero attached hydrogens (tertiary/aromatic N) is 4. The minimum absolute atomic E-state index is 0.0872. The SMILES string of the molecule is CC(c1nc(CCCNc2ncc(CCc3nccs3)c(=O)[nH]2)cs1)N(C)C. The molecule has 150 valence electrons. The third-order valence-electron chi connectivity index (χ3n) is 4.57. The summed E-state index contributed by atoms with van der Waals surface area (Å²) < 4.78 is 0. The molecule has 0 radical (unpaired) electrons. The highest BCUT2D eigenvalue weighted by Crippen LogP contribution is 2.22. The van der Waals surface area contributed by atoms with Gasteiger partial charge in [-0.1, -0.05) is 0 Å². The van der Waals surface area contributed by atoms with Gasteiger partial charge in [0.1, 0.15) is 5.01 Å². The Morgan fingerprint density at radius 1 is 1.21 bits per heavy atom. The van der Waals surface area contributed by atoms with E-state index in [4.69, 9.17) is 4.98 Å². The van der Waals surface area contributed by atoms with Crippen LogP contribution in [0.1, 0.15) is 40.7 Å². The molecule has 3 heterocycles. The van der Waals surface area contributed by atoms with Crippen LogP contribution in [0.3, 0.4) is 0 Å². The van der Waals surface area contributed by atoms with E-state index < -0.39 is 0 Å². The molecule has 2 N–H and O–H groups in total. The topological polar surface area (TPSA) is 86.8 Å². The van der Waals surface area contributed by atoms with Crippen molar-refractivity contribution in [1.82, 2.24) is 24.8 Å². The third-order valence-corrected chi connectivity index (χ3v) is 6.47. The van der Waals surface area contributed by atoms with E-state index in [-0.39, 0.29) is 5.56 Å². The summed E-state index contributed by atoms with van der Waals surface area (Å²) >= 11 is 3.32. The van der Waals surface area contributed by atoms with Crippen molar-refractivity contribution in [3.05, 3.63) is 54.8 Å². The number of aromatic nitrogens is 4. The van der Waals surface area contributed by atoms with Crippen LogP contribution in [0.2, 0.25) is 0 Å². The number of aromatic amines is 1. The number of H-pyrrole nitrogens is 1. The van der Waals surface area contributed by atoms with Crippen LogP contribution in [-0.4, -0.2) is 45.5 Å². The van der Waals surface area contributed by atoms with E-state index in [0.29, 0.717) is 24.0 Å². The molecule has 9 heteroatoms. The van der Waals surface area contributed by atoms with E-state index in [1.165, 1.54) is 0 Å². The van der Waals surface area contributed by atoms with Crippen LogP contribution in [0.5, 0.6) is 0 Å². The van der Waals surface area contributed by atoms with Crippen molar-refractivity contribution in [3.8, 4) is 0 Å². The van der Waals surface area contributed by atoms with Crippen LogP contribution in [-0.2, 0) is 19.3 Å². The molecule has 28 heavy (non-hydrogen) atoms. The van der Waals surface area contributed by atoms with Gasteiger partial charge in [-0.2, -0.15) is 0 Å². The summed E-state index contributed by atoms with van der Waals surface area (Å²) in [6.07, 6.45) is 6.68. The van der Waals surface area contributed by atoms with E-state index >= 15 is 0 Å². The van der Waals surface area contributed by atoms with Gasteiger partial charge in [-0.25, -0.2) is 15.0 Å². The number of rotatable bonds is 10. The molecule has 0 aliphatic heterocycles. The summed E-state index contributed by atoms with van der Waals surface area (Å²) in [5, 5.41) is 9.45. The molecule has 0 saturated carbocycles. The van der Waals surface area contributed by atoms with Crippen molar-refractivity contribution in [3.63, 3.8) is 0 Å². The Balaban J connectivity index is 1.43. The fourth-order valence-corrected chi connectivity index (χ4v) is 4.26. The third kappa shape index (κ3) is 5.70. The van der Waals surface area contributed by atoms with Gasteiger partial charge in [-0.3, -0.25) is 9.78 Å². The molecular formula is C19H26N6OS2. The molecule has 1 atom stereocenters. The van der Waals surface area contributed by atoms with Gasteiger partial charge in [0.2, 0.25) is 5.95 Å². The molecule has 0 saturated heterocycles. The maximum Gasteiger partial charge on any atom is 0.255 e. The second-order valence-corrected chi connectivity index (χ2v) is 8.73. The lowest BCUT2D eigenvalue weighted by atomic mass is 10.2. The average molecular weight is 419 g/mol. The summed E-state index contributed by atoms with van der Waals surface area (Å²) in [7, 11) is 4.13. The Morgan fingerprint density at radius 3 is 2.79 bits per heavy atom. The van der Waals surface area contributed by atoms with Gasteiger partial charge >= 0.3 is 0 Å². The number of thiazole rings is 2. The number of anilines is 1. The molecule has 3 aromatic rings. The van der Waals surface area contributed by atoms with Crippen LogP contribution in [0.4, 0.5) is 5.95 Å². The summed E-state index contributed by atoms with van der Waals surface area (Å²) in [6.45, 7) is 2.89. The molecule has 0 spiro atoms. The van der Waals surface area contributed by atoms with Crippen LogP contribution in [0.15, 0.2) is 27.9 Å². The lowest BCUT2D eigenvalue weighted by Gasteiger charge is -2.16. The fourth-order valence-electron chi connectivity index (χ4n) is 2.63. The van der Waals surface area contributed by atoms with Crippen molar-refractivity contribution < 1.29 is 0 Å². The first-order valence-corrected chi connectivity index (χ1v) is 11.1. The highest BCUT2D eigenvalue weighted by atomic mass is 32.1. The first-order chi connectivity index (χ1) is 13.5. The minimum atomic E-state index is -0.0872. The zero-order valence-corrected chi connectivity index (χ0v) is 18.1. The standard InChI is InChI=1S/C19H26N6OS2/c1-13(25(2)3)18-23-15(12-28-18)5-4-8-21-19-22-11-14(17(26)24-19)6-7-16-20-9-10-27-16/h9-13H,4-8H2,1-3H3,(H2,21,22,24,26). The highest BCUT2D eigenvalue weighted by Gasteiger charge is 2.12. The van der Waals surface area contributed by atoms with Gasteiger partial charge < -0.3 is 10.2 Å². The van der Waals surface area contributed by atoms with Gasteiger partial charge in [0.05, 0.1) is 16.7 Å². The predicted octanol–water partition coefficient (Wildman–Crippen LogP) is 3.14. The monoisotopic (exact) mass is 418 g/mol. The van der Waals surface area contributed by atoms with Crippen molar-refractivity contribution in [2.45, 2.75) is 38.6 Å². The molecule has 0 aliphatic rings. The fraction of sp³-hybridized carbons (Fsp3) is 0.474. The number of hydrogen-bond acceptors (Lipinski definition) is 8. The Morgan fingerprint density at radius 2 is 2.07 bits per heavy atom. The second-order valence-electron chi connectivity index (χ2n) is 6.86. The zero-order valence-electron chi connectivity index (χ0n) is 16.4. The van der Waals surface area contributed by atoms with E-state index in [1.54, 1.807) is 35.1 Å². The predicted molar refractivity (Wildman–Crippen MR) is 115 cm³/mol. The van der Waals surface area contributed by atoms with E-state index in [2.05, 4.69) is 51.6 Å². The van der Waals surface area contributed by atoms with Crippen molar-refractivity contribution in [1.29, 1.82) is 0 Å². The molecular weight excluding hydrogens is 392 g/mol. The smallest absolute Gasteiger partial charge is 0.255 e. The molecule has 3 rings (SSSR count). The molecule has 0 aromatic carbocycles. The highest BCUT2D eigenvalue weighted by molar-refractivity contribution is 7.09. The van der Waals surface area contributed by atoms with E-state index in [1.807, 2.05) is 5.38 Å². The first kappa shape index (κ1) is 20.6. The van der Waals surface area contributed by atoms with Gasteiger partial charge in [0.25, 0.3) is 5.56 Å². The molecule has 0 amide bonds. The van der Waals surface area contributed by atoms with E-state index in [0.717, 1.165) is 41.5 Å². The quantitative estimate of drug-likeness (QED) is 0.492. The van der Waals surface area contributed by atoms with Gasteiger partial charge in [-0.05, 0) is 40.3 Å². The number of aryl methyl sites for hydroxylation is 3. The van der Waals surface area contributed by atoms with Crippen LogP contribution in [0.25, 0.3) is 0 Å². The normalized spacial score (nSPS) is 12.4. The molecule has 3 aromatic heterocycles. The summed E-state index contributed by atoms with van der Waals surface area (Å²) in [5.74, 6) is 0.517. The first-order valence-electron chi connectivity index (χ1n) is 9.34. The summed E-state index contributed by atoms with van der Waals surface area (Å²) in [5.41, 5.74) is 1.72. The second kappa shape index (κ2) is 9.90. The lowest BCUT2D eigenvalue weighted by Crippen LogP contribution is -2.18. The summed E-state index contributed by atoms with van der Waals surface area (Å²) in [4.78, 5) is 30.5. The zero-order chi connectivity index (χ0) is 19.9. The number of hydrogen-bond donors (Lipinski definition) is 2.